The lowest BCUT2D eigenvalue weighted by Crippen LogP contribution is -2.54. The Kier molecular flexibility index (Phi) is 12.5. The number of nitrogens with one attached hydrogen (secondary N) is 3. The molecule has 15 heteroatoms. The number of benzene rings is 4. The van der Waals surface area contributed by atoms with Crippen molar-refractivity contribution >= 4 is 41.3 Å². The minimum absolute atomic E-state index is 0.0138. The Balaban J connectivity index is 1.47. The van der Waals surface area contributed by atoms with Gasteiger partial charge in [0.25, 0.3) is 17.7 Å². The highest BCUT2D eigenvalue weighted by Crippen LogP contribution is 2.38. The molecule has 4 rings (SSSR count). The summed E-state index contributed by atoms with van der Waals surface area (Å²) in [6.07, 6.45) is -4.55. The predicted molar refractivity (Wildman–Crippen MR) is 185 cm³/mol. The van der Waals surface area contributed by atoms with Crippen LogP contribution in [0.5, 0.6) is 17.2 Å². The highest BCUT2D eigenvalue weighted by Gasteiger charge is 2.41. The van der Waals surface area contributed by atoms with Gasteiger partial charge in [-0.05, 0) is 74.5 Å². The third kappa shape index (κ3) is 9.41. The number of ether oxygens (including phenoxy) is 5. The van der Waals surface area contributed by atoms with Gasteiger partial charge in [0.15, 0.2) is 11.5 Å². The Hall–Kier alpha value is -6.90. The van der Waals surface area contributed by atoms with E-state index >= 15 is 0 Å². The second-order valence-electron chi connectivity index (χ2n) is 11.1. The number of carbonyl (C=O) groups excluding carboxylic acids is 5. The summed E-state index contributed by atoms with van der Waals surface area (Å²) in [6, 6.07) is 20.4. The Labute approximate surface area is 297 Å². The summed E-state index contributed by atoms with van der Waals surface area (Å²) in [5, 5.41) is 12.6. The first-order valence-electron chi connectivity index (χ1n) is 15.4. The molecule has 0 fully saturated rings. The second-order valence-corrected chi connectivity index (χ2v) is 11.1. The van der Waals surface area contributed by atoms with Gasteiger partial charge in [0, 0.05) is 16.8 Å². The number of methoxy groups -OCH3 is 3. The molecule has 270 valence electrons. The van der Waals surface area contributed by atoms with Crippen molar-refractivity contribution < 1.29 is 57.6 Å². The maximum Gasteiger partial charge on any atom is 0.349 e. The molecule has 0 unspecified atom stereocenters. The van der Waals surface area contributed by atoms with Crippen molar-refractivity contribution in [3.63, 3.8) is 0 Å². The summed E-state index contributed by atoms with van der Waals surface area (Å²) in [4.78, 5) is 77.3. The molecule has 0 saturated carbocycles. The molecule has 0 aliphatic rings. The van der Waals surface area contributed by atoms with Crippen LogP contribution in [0.25, 0.3) is 0 Å². The summed E-state index contributed by atoms with van der Waals surface area (Å²) in [6.45, 7) is 3.56. The molecule has 52 heavy (non-hydrogen) atoms. The maximum atomic E-state index is 13.3. The highest BCUT2D eigenvalue weighted by atomic mass is 16.6. The minimum atomic E-state index is -2.31. The van der Waals surface area contributed by atoms with Crippen LogP contribution in [0.3, 0.4) is 0 Å². The van der Waals surface area contributed by atoms with Crippen LogP contribution < -0.4 is 30.4 Å². The average molecular weight is 714 g/mol. The molecule has 4 N–H and O–H groups in total. The first kappa shape index (κ1) is 37.9. The Morgan fingerprint density at radius 3 is 1.46 bits per heavy atom. The van der Waals surface area contributed by atoms with Crippen molar-refractivity contribution in [3.05, 3.63) is 118 Å². The lowest BCUT2D eigenvalue weighted by molar-refractivity contribution is -0.159. The van der Waals surface area contributed by atoms with Crippen LogP contribution in [0.15, 0.2) is 84.9 Å². The van der Waals surface area contributed by atoms with Gasteiger partial charge < -0.3 is 34.1 Å². The fraction of sp³-hybridized carbons (Fsp3) is 0.189. The largest absolute Gasteiger partial charge is 0.493 e. The standard InChI is InChI=1S/C37H35N3O12/c1-20-6-10-23(11-7-20)36(46)51-30(31(35(44)45)52-37(47)24-12-8-21(2)9-13-24)34(43)40-39-33(42)22-14-16-26(17-15-22)38-32(41)25-18-27(48-3)29(50-5)28(19-25)49-4/h6-19,30-31H,1-5H3,(H,38,41)(H,39,42)(H,40,43)(H,44,45)/t30-,31+/m0/s1. The molecule has 0 heterocycles. The van der Waals surface area contributed by atoms with E-state index in [0.29, 0.717) is 11.4 Å². The van der Waals surface area contributed by atoms with E-state index in [0.717, 1.165) is 11.1 Å². The van der Waals surface area contributed by atoms with Crippen LogP contribution in [0.2, 0.25) is 0 Å². The van der Waals surface area contributed by atoms with Crippen molar-refractivity contribution in [3.8, 4) is 17.2 Å². The minimum Gasteiger partial charge on any atom is -0.493 e. The molecule has 4 aromatic carbocycles. The SMILES string of the molecule is COc1cc(C(=O)Nc2ccc(C(=O)NNC(=O)[C@@H](OC(=O)c3ccc(C)cc3)[C@@H](OC(=O)c3ccc(C)cc3)C(=O)O)cc2)cc(OC)c1OC. The number of aliphatic carboxylic acids is 1. The molecular formula is C37H35N3O12. The van der Waals surface area contributed by atoms with Gasteiger partial charge in [0.2, 0.25) is 18.0 Å². The number of anilines is 1. The molecule has 0 radical (unpaired) electrons. The van der Waals surface area contributed by atoms with Gasteiger partial charge in [0.05, 0.1) is 32.5 Å². The smallest absolute Gasteiger partial charge is 0.349 e. The molecule has 0 aliphatic heterocycles. The number of hydrogen-bond donors (Lipinski definition) is 4. The zero-order valence-corrected chi connectivity index (χ0v) is 28.7. The van der Waals surface area contributed by atoms with E-state index in [9.17, 15) is 33.9 Å². The third-order valence-electron chi connectivity index (χ3n) is 7.45. The number of rotatable bonds is 13. The fourth-order valence-electron chi connectivity index (χ4n) is 4.62. The predicted octanol–water partition coefficient (Wildman–Crippen LogP) is 3.88. The monoisotopic (exact) mass is 713 g/mol. The van der Waals surface area contributed by atoms with Gasteiger partial charge in [-0.15, -0.1) is 0 Å². The normalized spacial score (nSPS) is 11.6. The average Bonchev–Trinajstić information content (AvgIpc) is 3.14. The summed E-state index contributed by atoms with van der Waals surface area (Å²) >= 11 is 0. The molecule has 0 bridgehead atoms. The lowest BCUT2D eigenvalue weighted by atomic mass is 10.1. The van der Waals surface area contributed by atoms with E-state index in [1.165, 1.54) is 82.0 Å². The van der Waals surface area contributed by atoms with Crippen LogP contribution in [0.4, 0.5) is 5.69 Å². The summed E-state index contributed by atoms with van der Waals surface area (Å²) in [5.41, 5.74) is 6.27. The lowest BCUT2D eigenvalue weighted by Gasteiger charge is -2.23. The molecule has 0 saturated heterocycles. The van der Waals surface area contributed by atoms with Gasteiger partial charge in [0.1, 0.15) is 0 Å². The highest BCUT2D eigenvalue weighted by molar-refractivity contribution is 6.05. The number of carboxylic acid groups (broad SMARTS) is 1. The van der Waals surface area contributed by atoms with Gasteiger partial charge in [-0.3, -0.25) is 25.2 Å². The molecule has 15 nitrogen and oxygen atoms in total. The van der Waals surface area contributed by atoms with Crippen LogP contribution in [-0.2, 0) is 19.1 Å². The Bertz CT molecular complexity index is 1930. The number of hydrazine groups is 1. The number of esters is 2. The third-order valence-corrected chi connectivity index (χ3v) is 7.45. The number of hydrogen-bond acceptors (Lipinski definition) is 11. The molecule has 2 atom stereocenters. The molecule has 0 aromatic heterocycles. The van der Waals surface area contributed by atoms with Crippen LogP contribution in [-0.4, -0.2) is 74.3 Å². The first-order valence-corrected chi connectivity index (χ1v) is 15.4. The van der Waals surface area contributed by atoms with E-state index < -0.39 is 47.8 Å². The van der Waals surface area contributed by atoms with Crippen LogP contribution >= 0.6 is 0 Å². The van der Waals surface area contributed by atoms with E-state index in [-0.39, 0.29) is 33.8 Å². The second kappa shape index (κ2) is 17.2. The van der Waals surface area contributed by atoms with Crippen molar-refractivity contribution in [2.75, 3.05) is 26.6 Å². The Morgan fingerprint density at radius 2 is 1.02 bits per heavy atom. The fourth-order valence-corrected chi connectivity index (χ4v) is 4.62. The van der Waals surface area contributed by atoms with E-state index in [2.05, 4.69) is 10.7 Å². The van der Waals surface area contributed by atoms with Crippen molar-refractivity contribution in [2.24, 2.45) is 0 Å². The van der Waals surface area contributed by atoms with Crippen molar-refractivity contribution in [1.82, 2.24) is 10.9 Å². The van der Waals surface area contributed by atoms with Crippen LogP contribution in [0, 0.1) is 13.8 Å². The van der Waals surface area contributed by atoms with Gasteiger partial charge in [-0.25, -0.2) is 14.4 Å². The summed E-state index contributed by atoms with van der Waals surface area (Å²) < 4.78 is 26.3. The van der Waals surface area contributed by atoms with E-state index in [4.69, 9.17) is 23.7 Å². The molecular weight excluding hydrogens is 678 g/mol. The quantitative estimate of drug-likeness (QED) is 0.115. The topological polar surface area (TPSA) is 205 Å². The molecule has 4 aromatic rings. The number of carbonyl (C=O) groups is 6. The zero-order valence-electron chi connectivity index (χ0n) is 28.7. The molecule has 0 spiro atoms. The van der Waals surface area contributed by atoms with Gasteiger partial charge in [-0.1, -0.05) is 35.4 Å². The maximum absolute atomic E-state index is 13.3. The summed E-state index contributed by atoms with van der Waals surface area (Å²) in [5.74, 6) is -5.83. The molecule has 0 aliphatic carbocycles. The van der Waals surface area contributed by atoms with Gasteiger partial charge >= 0.3 is 17.9 Å². The number of aryl methyl sites for hydroxylation is 2. The Morgan fingerprint density at radius 1 is 0.558 bits per heavy atom. The van der Waals surface area contributed by atoms with Crippen molar-refractivity contribution in [2.45, 2.75) is 26.1 Å². The molecule has 3 amide bonds. The van der Waals surface area contributed by atoms with E-state index in [1.807, 2.05) is 5.43 Å². The number of amides is 3. The summed E-state index contributed by atoms with van der Waals surface area (Å²) in [7, 11) is 4.25. The number of carboxylic acids is 1. The van der Waals surface area contributed by atoms with Crippen LogP contribution in [0.1, 0.15) is 52.6 Å². The zero-order chi connectivity index (χ0) is 37.9. The van der Waals surface area contributed by atoms with Gasteiger partial charge in [-0.2, -0.15) is 0 Å². The van der Waals surface area contributed by atoms with Crippen molar-refractivity contribution in [1.29, 1.82) is 0 Å². The van der Waals surface area contributed by atoms with E-state index in [1.54, 1.807) is 38.1 Å². The first-order chi connectivity index (χ1) is 24.8.